The Bertz CT molecular complexity index is 1620. The van der Waals surface area contributed by atoms with Gasteiger partial charge in [-0.1, -0.05) is 29.7 Å². The van der Waals surface area contributed by atoms with Gasteiger partial charge in [-0.05, 0) is 53.8 Å². The van der Waals surface area contributed by atoms with Crippen LogP contribution in [-0.2, 0) is 0 Å². The van der Waals surface area contributed by atoms with E-state index in [4.69, 9.17) is 11.6 Å². The number of halogens is 2. The van der Waals surface area contributed by atoms with Crippen molar-refractivity contribution in [1.29, 1.82) is 0 Å². The first kappa shape index (κ1) is 23.0. The molecule has 192 valence electrons. The molecular formula is C25H22ClFN10O. The van der Waals surface area contributed by atoms with Crippen LogP contribution >= 0.6 is 11.6 Å². The van der Waals surface area contributed by atoms with Crippen molar-refractivity contribution in [3.8, 4) is 28.1 Å². The normalized spacial score (nSPS) is 16.2. The Morgan fingerprint density at radius 1 is 1.05 bits per heavy atom. The van der Waals surface area contributed by atoms with Gasteiger partial charge in [-0.15, -0.1) is 10.2 Å². The molecule has 4 heterocycles. The van der Waals surface area contributed by atoms with Crippen LogP contribution in [-0.4, -0.2) is 45.0 Å². The van der Waals surface area contributed by atoms with Crippen LogP contribution in [0.25, 0.3) is 28.1 Å². The number of hydrogen-bond donors (Lipinski definition) is 0. The number of tetrazole rings is 1. The van der Waals surface area contributed by atoms with E-state index in [1.807, 2.05) is 15.6 Å². The van der Waals surface area contributed by atoms with Crippen LogP contribution in [0.5, 0.6) is 0 Å². The van der Waals surface area contributed by atoms with Gasteiger partial charge in [0.15, 0.2) is 12.0 Å². The van der Waals surface area contributed by atoms with Crippen molar-refractivity contribution < 1.29 is 9.12 Å². The van der Waals surface area contributed by atoms with Crippen LogP contribution in [0.15, 0.2) is 55.4 Å². The van der Waals surface area contributed by atoms with Crippen LogP contribution in [0.1, 0.15) is 49.9 Å². The van der Waals surface area contributed by atoms with E-state index < -0.39 is 5.82 Å². The molecule has 38 heavy (non-hydrogen) atoms. The van der Waals surface area contributed by atoms with Gasteiger partial charge in [0.25, 0.3) is 0 Å². The molecule has 1 atom stereocenters. The van der Waals surface area contributed by atoms with Gasteiger partial charge in [-0.2, -0.15) is 14.5 Å². The SMILES string of the molecule is [O-][n+]1cc(-c2c(-n3cnnn3)ccc(Cl)c2F)ccc1C(CC1CC1)n1cc(-c2cnnn2C2CC2)cn1. The summed E-state index contributed by atoms with van der Waals surface area (Å²) in [5.74, 6) is -0.123. The minimum atomic E-state index is -0.653. The van der Waals surface area contributed by atoms with E-state index in [1.54, 1.807) is 30.6 Å². The summed E-state index contributed by atoms with van der Waals surface area (Å²) in [5, 5.41) is 37.5. The highest BCUT2D eigenvalue weighted by molar-refractivity contribution is 6.31. The van der Waals surface area contributed by atoms with E-state index >= 15 is 4.39 Å². The van der Waals surface area contributed by atoms with Crippen LogP contribution < -0.4 is 4.73 Å². The molecule has 0 radical (unpaired) electrons. The largest absolute Gasteiger partial charge is 0.618 e. The first-order valence-electron chi connectivity index (χ1n) is 12.5. The molecule has 2 saturated carbocycles. The summed E-state index contributed by atoms with van der Waals surface area (Å²) >= 11 is 6.10. The molecule has 0 amide bonds. The second kappa shape index (κ2) is 8.98. The molecule has 13 heteroatoms. The van der Waals surface area contributed by atoms with Crippen molar-refractivity contribution in [2.24, 2.45) is 5.92 Å². The third kappa shape index (κ3) is 4.10. The molecule has 0 spiro atoms. The Morgan fingerprint density at radius 2 is 1.92 bits per heavy atom. The summed E-state index contributed by atoms with van der Waals surface area (Å²) in [6, 6.07) is 6.61. The van der Waals surface area contributed by atoms with Crippen molar-refractivity contribution in [1.82, 2.24) is 45.0 Å². The fraction of sp³-hybridized carbons (Fsp3) is 0.320. The molecule has 0 saturated heterocycles. The van der Waals surface area contributed by atoms with Crippen molar-refractivity contribution >= 4 is 11.6 Å². The van der Waals surface area contributed by atoms with E-state index in [9.17, 15) is 5.21 Å². The maximum Gasteiger partial charge on any atom is 0.217 e. The standard InChI is InChI=1S/C25H22ClFN10O/c26-19-6-8-21(35-14-29-31-33-35)24(25(19)27)16-3-7-20(36(38)13-16)22(9-15-1-2-15)34-12-17(10-30-34)23-11-28-32-37(23)18-4-5-18/h3,6-8,10-15,18,22H,1-2,4-5,9H2. The number of aromatic nitrogens is 10. The highest BCUT2D eigenvalue weighted by atomic mass is 35.5. The van der Waals surface area contributed by atoms with Gasteiger partial charge in [0.1, 0.15) is 12.4 Å². The van der Waals surface area contributed by atoms with Gasteiger partial charge >= 0.3 is 0 Å². The average Bonchev–Trinajstić information content (AvgIpc) is 3.73. The lowest BCUT2D eigenvalue weighted by Crippen LogP contribution is -2.35. The fourth-order valence-corrected chi connectivity index (χ4v) is 5.05. The van der Waals surface area contributed by atoms with Crippen molar-refractivity contribution in [2.45, 2.75) is 44.2 Å². The zero-order chi connectivity index (χ0) is 25.8. The first-order chi connectivity index (χ1) is 18.6. The van der Waals surface area contributed by atoms with Gasteiger partial charge in [-0.3, -0.25) is 4.68 Å². The highest BCUT2D eigenvalue weighted by Crippen LogP contribution is 2.40. The predicted molar refractivity (Wildman–Crippen MR) is 134 cm³/mol. The van der Waals surface area contributed by atoms with Crippen molar-refractivity contribution in [3.63, 3.8) is 0 Å². The minimum Gasteiger partial charge on any atom is -0.618 e. The lowest BCUT2D eigenvalue weighted by molar-refractivity contribution is -0.615. The van der Waals surface area contributed by atoms with Gasteiger partial charge in [-0.25, -0.2) is 9.07 Å². The molecule has 11 nitrogen and oxygen atoms in total. The molecule has 1 unspecified atom stereocenters. The summed E-state index contributed by atoms with van der Waals surface area (Å²) in [5.41, 5.74) is 3.22. The summed E-state index contributed by atoms with van der Waals surface area (Å²) in [6.45, 7) is 0. The van der Waals surface area contributed by atoms with E-state index in [-0.39, 0.29) is 16.6 Å². The van der Waals surface area contributed by atoms with E-state index in [1.165, 1.54) is 23.3 Å². The molecule has 2 fully saturated rings. The summed E-state index contributed by atoms with van der Waals surface area (Å²) in [4.78, 5) is 0. The molecule has 2 aliphatic rings. The van der Waals surface area contributed by atoms with E-state index in [2.05, 4.69) is 30.9 Å². The topological polar surface area (TPSA) is 119 Å². The number of pyridine rings is 1. The number of rotatable bonds is 8. The van der Waals surface area contributed by atoms with Crippen LogP contribution in [0.2, 0.25) is 5.02 Å². The van der Waals surface area contributed by atoms with Gasteiger partial charge < -0.3 is 5.21 Å². The molecular weight excluding hydrogens is 511 g/mol. The quantitative estimate of drug-likeness (QED) is 0.219. The van der Waals surface area contributed by atoms with Gasteiger partial charge in [0.05, 0.1) is 46.0 Å². The monoisotopic (exact) mass is 532 g/mol. The van der Waals surface area contributed by atoms with Gasteiger partial charge in [0, 0.05) is 17.8 Å². The smallest absolute Gasteiger partial charge is 0.217 e. The molecule has 0 aliphatic heterocycles. The third-order valence-corrected chi connectivity index (χ3v) is 7.47. The van der Waals surface area contributed by atoms with Crippen molar-refractivity contribution in [2.75, 3.05) is 0 Å². The summed E-state index contributed by atoms with van der Waals surface area (Å²) < 4.78 is 21.2. The Morgan fingerprint density at radius 3 is 2.66 bits per heavy atom. The predicted octanol–water partition coefficient (Wildman–Crippen LogP) is 3.93. The van der Waals surface area contributed by atoms with Crippen LogP contribution in [0.4, 0.5) is 4.39 Å². The molecule has 5 aromatic rings. The van der Waals surface area contributed by atoms with E-state index in [0.29, 0.717) is 28.9 Å². The number of hydrogen-bond acceptors (Lipinski definition) is 7. The van der Waals surface area contributed by atoms with Crippen molar-refractivity contribution in [3.05, 3.63) is 77.1 Å². The molecule has 0 N–H and O–H groups in total. The number of nitrogens with zero attached hydrogens (tertiary/aromatic N) is 10. The first-order valence-corrected chi connectivity index (χ1v) is 12.8. The fourth-order valence-electron chi connectivity index (χ4n) is 4.89. The molecule has 7 rings (SSSR count). The van der Waals surface area contributed by atoms with Crippen LogP contribution in [0.3, 0.4) is 0 Å². The second-order valence-corrected chi connectivity index (χ2v) is 10.3. The Balaban J connectivity index is 1.27. The summed E-state index contributed by atoms with van der Waals surface area (Å²) in [7, 11) is 0. The molecule has 0 bridgehead atoms. The summed E-state index contributed by atoms with van der Waals surface area (Å²) in [6.07, 6.45) is 13.5. The number of benzene rings is 1. The van der Waals surface area contributed by atoms with E-state index in [0.717, 1.165) is 48.1 Å². The molecule has 4 aromatic heterocycles. The highest BCUT2D eigenvalue weighted by Gasteiger charge is 2.33. The lowest BCUT2D eigenvalue weighted by Gasteiger charge is -2.18. The Kier molecular flexibility index (Phi) is 5.43. The third-order valence-electron chi connectivity index (χ3n) is 7.18. The Hall–Kier alpha value is -4.19. The zero-order valence-corrected chi connectivity index (χ0v) is 20.9. The zero-order valence-electron chi connectivity index (χ0n) is 20.1. The second-order valence-electron chi connectivity index (χ2n) is 9.88. The Labute approximate surface area is 221 Å². The lowest BCUT2D eigenvalue weighted by atomic mass is 10.0. The molecule has 2 aliphatic carbocycles. The van der Waals surface area contributed by atoms with Crippen LogP contribution in [0, 0.1) is 16.9 Å². The van der Waals surface area contributed by atoms with Gasteiger partial charge in [0.2, 0.25) is 5.69 Å². The minimum absolute atomic E-state index is 0.0611. The molecule has 1 aromatic carbocycles. The maximum atomic E-state index is 15.3. The maximum absolute atomic E-state index is 15.3. The average molecular weight is 533 g/mol.